The molecule has 0 saturated carbocycles. The fraction of sp³-hybridized carbons (Fsp3) is 0.231. The molecule has 0 saturated heterocycles. The quantitative estimate of drug-likeness (QED) is 0.825. The lowest BCUT2D eigenvalue weighted by Crippen LogP contribution is -2.38. The molecule has 16 heavy (non-hydrogen) atoms. The van der Waals surface area contributed by atoms with Gasteiger partial charge in [-0.3, -0.25) is 0 Å². The minimum Gasteiger partial charge on any atom is -0.380 e. The van der Waals surface area contributed by atoms with Crippen LogP contribution in [0.15, 0.2) is 53.6 Å². The van der Waals surface area contributed by atoms with Crippen molar-refractivity contribution in [3.8, 4) is 0 Å². The molecule has 0 spiro atoms. The molecule has 3 heteroatoms. The third-order valence-corrected chi connectivity index (χ3v) is 3.14. The number of benzene rings is 1. The van der Waals surface area contributed by atoms with Crippen LogP contribution < -0.4 is 5.73 Å². The van der Waals surface area contributed by atoms with Crippen LogP contribution in [-0.4, -0.2) is 11.7 Å². The summed E-state index contributed by atoms with van der Waals surface area (Å²) in [6, 6.07) is 9.45. The zero-order valence-corrected chi connectivity index (χ0v) is 9.56. The lowest BCUT2D eigenvalue weighted by Gasteiger charge is -2.34. The Hall–Kier alpha value is -1.09. The third-order valence-electron chi connectivity index (χ3n) is 2.90. The predicted molar refractivity (Wildman–Crippen MR) is 66.0 cm³/mol. The maximum atomic E-state index is 10.7. The van der Waals surface area contributed by atoms with E-state index in [0.29, 0.717) is 11.6 Å². The van der Waals surface area contributed by atoms with E-state index in [4.69, 9.17) is 17.3 Å². The van der Waals surface area contributed by atoms with Crippen LogP contribution in [0.2, 0.25) is 0 Å². The Morgan fingerprint density at radius 3 is 2.62 bits per heavy atom. The average Bonchev–Trinajstić information content (AvgIpc) is 2.30. The summed E-state index contributed by atoms with van der Waals surface area (Å²) in [5.41, 5.74) is 5.40. The van der Waals surface area contributed by atoms with E-state index in [2.05, 4.69) is 0 Å². The van der Waals surface area contributed by atoms with Crippen molar-refractivity contribution in [3.63, 3.8) is 0 Å². The van der Waals surface area contributed by atoms with Gasteiger partial charge in [0.2, 0.25) is 0 Å². The number of rotatable bonds is 2. The molecule has 84 valence electrons. The van der Waals surface area contributed by atoms with E-state index < -0.39 is 5.60 Å². The van der Waals surface area contributed by atoms with Crippen LogP contribution >= 0.6 is 11.6 Å². The first kappa shape index (κ1) is 11.4. The first-order valence-electron chi connectivity index (χ1n) is 5.21. The van der Waals surface area contributed by atoms with Crippen molar-refractivity contribution >= 4 is 11.6 Å². The Bertz CT molecular complexity index is 427. The van der Waals surface area contributed by atoms with Crippen molar-refractivity contribution < 1.29 is 5.11 Å². The summed E-state index contributed by atoms with van der Waals surface area (Å²) in [5, 5.41) is 11.2. The molecule has 2 unspecified atom stereocenters. The van der Waals surface area contributed by atoms with Crippen LogP contribution in [0.3, 0.4) is 0 Å². The van der Waals surface area contributed by atoms with Crippen LogP contribution in [0.25, 0.3) is 0 Å². The van der Waals surface area contributed by atoms with Crippen molar-refractivity contribution in [2.75, 3.05) is 6.54 Å². The number of hydrogen-bond donors (Lipinski definition) is 2. The highest BCUT2D eigenvalue weighted by molar-refractivity contribution is 6.31. The summed E-state index contributed by atoms with van der Waals surface area (Å²) in [7, 11) is 0. The highest BCUT2D eigenvalue weighted by Crippen LogP contribution is 2.36. The van der Waals surface area contributed by atoms with Crippen LogP contribution in [0, 0.1) is 5.92 Å². The zero-order chi connectivity index (χ0) is 11.6. The van der Waals surface area contributed by atoms with Crippen molar-refractivity contribution in [3.05, 3.63) is 59.2 Å². The molecule has 2 nitrogen and oxygen atoms in total. The molecule has 3 N–H and O–H groups in total. The van der Waals surface area contributed by atoms with Gasteiger partial charge < -0.3 is 10.8 Å². The van der Waals surface area contributed by atoms with Gasteiger partial charge in [-0.25, -0.2) is 0 Å². The van der Waals surface area contributed by atoms with E-state index in [-0.39, 0.29) is 5.92 Å². The van der Waals surface area contributed by atoms with Crippen LogP contribution in [0.4, 0.5) is 0 Å². The molecule has 0 aliphatic heterocycles. The maximum Gasteiger partial charge on any atom is 0.117 e. The molecule has 0 radical (unpaired) electrons. The normalized spacial score (nSPS) is 28.9. The second-order valence-electron chi connectivity index (χ2n) is 3.92. The number of nitrogens with two attached hydrogens (primary N) is 1. The monoisotopic (exact) mass is 235 g/mol. The topological polar surface area (TPSA) is 46.2 Å². The SMILES string of the molecule is NCC1C=CC(Cl)=CC1(O)c1ccccc1. The second-order valence-corrected chi connectivity index (χ2v) is 4.36. The summed E-state index contributed by atoms with van der Waals surface area (Å²) < 4.78 is 0. The fourth-order valence-electron chi connectivity index (χ4n) is 1.98. The Morgan fingerprint density at radius 2 is 2.00 bits per heavy atom. The van der Waals surface area contributed by atoms with Gasteiger partial charge in [-0.05, 0) is 17.7 Å². The van der Waals surface area contributed by atoms with Gasteiger partial charge in [0, 0.05) is 17.5 Å². The molecule has 1 aliphatic rings. The molecular weight excluding hydrogens is 222 g/mol. The summed E-state index contributed by atoms with van der Waals surface area (Å²) in [6.07, 6.45) is 5.28. The van der Waals surface area contributed by atoms with Gasteiger partial charge in [0.25, 0.3) is 0 Å². The fourth-order valence-corrected chi connectivity index (χ4v) is 2.22. The summed E-state index contributed by atoms with van der Waals surface area (Å²) >= 11 is 5.95. The van der Waals surface area contributed by atoms with Gasteiger partial charge in [0.05, 0.1) is 0 Å². The van der Waals surface area contributed by atoms with Gasteiger partial charge in [-0.2, -0.15) is 0 Å². The Morgan fingerprint density at radius 1 is 1.31 bits per heavy atom. The highest BCUT2D eigenvalue weighted by Gasteiger charge is 2.36. The van der Waals surface area contributed by atoms with Crippen LogP contribution in [-0.2, 0) is 5.60 Å². The molecule has 0 amide bonds. The summed E-state index contributed by atoms with van der Waals surface area (Å²) in [6.45, 7) is 0.378. The smallest absolute Gasteiger partial charge is 0.117 e. The molecule has 0 heterocycles. The average molecular weight is 236 g/mol. The van der Waals surface area contributed by atoms with E-state index >= 15 is 0 Å². The van der Waals surface area contributed by atoms with Gasteiger partial charge in [-0.15, -0.1) is 0 Å². The number of halogens is 1. The van der Waals surface area contributed by atoms with E-state index in [1.807, 2.05) is 36.4 Å². The van der Waals surface area contributed by atoms with E-state index in [9.17, 15) is 5.11 Å². The Kier molecular flexibility index (Phi) is 3.15. The standard InChI is InChI=1S/C13H14ClNO/c14-12-7-6-11(9-15)13(16,8-12)10-4-2-1-3-5-10/h1-8,11,16H,9,15H2. The maximum absolute atomic E-state index is 10.7. The minimum absolute atomic E-state index is 0.141. The molecule has 2 atom stereocenters. The van der Waals surface area contributed by atoms with Gasteiger partial charge in [0.1, 0.15) is 5.60 Å². The molecule has 1 aromatic rings. The first-order chi connectivity index (χ1) is 7.66. The lowest BCUT2D eigenvalue weighted by atomic mass is 9.78. The first-order valence-corrected chi connectivity index (χ1v) is 5.59. The van der Waals surface area contributed by atoms with Crippen molar-refractivity contribution in [2.45, 2.75) is 5.60 Å². The molecule has 1 aliphatic carbocycles. The van der Waals surface area contributed by atoms with E-state index in [1.165, 1.54) is 0 Å². The van der Waals surface area contributed by atoms with Crippen LogP contribution in [0.5, 0.6) is 0 Å². The van der Waals surface area contributed by atoms with E-state index in [1.54, 1.807) is 12.2 Å². The van der Waals surface area contributed by atoms with Gasteiger partial charge in [-0.1, -0.05) is 48.0 Å². The van der Waals surface area contributed by atoms with Crippen molar-refractivity contribution in [2.24, 2.45) is 11.7 Å². The zero-order valence-electron chi connectivity index (χ0n) is 8.81. The van der Waals surface area contributed by atoms with Crippen molar-refractivity contribution in [1.29, 1.82) is 0 Å². The van der Waals surface area contributed by atoms with Crippen molar-refractivity contribution in [1.82, 2.24) is 0 Å². The van der Waals surface area contributed by atoms with Gasteiger partial charge >= 0.3 is 0 Å². The Labute approximate surface area is 100 Å². The number of aliphatic hydroxyl groups is 1. The molecular formula is C13H14ClNO. The largest absolute Gasteiger partial charge is 0.380 e. The molecule has 0 aromatic heterocycles. The lowest BCUT2D eigenvalue weighted by molar-refractivity contribution is 0.0461. The number of hydrogen-bond acceptors (Lipinski definition) is 2. The third kappa shape index (κ3) is 1.92. The molecule has 0 fully saturated rings. The molecule has 0 bridgehead atoms. The van der Waals surface area contributed by atoms with Crippen LogP contribution in [0.1, 0.15) is 5.56 Å². The Balaban J connectivity index is 2.46. The molecule has 1 aromatic carbocycles. The predicted octanol–water partition coefficient (Wildman–Crippen LogP) is 2.14. The molecule has 2 rings (SSSR count). The van der Waals surface area contributed by atoms with Gasteiger partial charge in [0.15, 0.2) is 0 Å². The van der Waals surface area contributed by atoms with E-state index in [0.717, 1.165) is 5.56 Å². The number of allylic oxidation sites excluding steroid dienone is 2. The highest BCUT2D eigenvalue weighted by atomic mass is 35.5. The second kappa shape index (κ2) is 4.42. The summed E-state index contributed by atoms with van der Waals surface area (Å²) in [5.74, 6) is -0.141. The minimum atomic E-state index is -1.10. The summed E-state index contributed by atoms with van der Waals surface area (Å²) in [4.78, 5) is 0.